The molecular weight excluding hydrogens is 468 g/mol. The molecule has 1 atom stereocenters. The predicted molar refractivity (Wildman–Crippen MR) is 136 cm³/mol. The SMILES string of the molecule is Cc1ccc(CN(C)C(=O)c2cc(-c3ncco3)nc(-c3nnc([C@@H](C)Cc4ccccc4)o3)c2)cn1. The Kier molecular flexibility index (Phi) is 6.85. The number of hydrogen-bond acceptors (Lipinski definition) is 8. The van der Waals surface area contributed by atoms with Gasteiger partial charge in [-0.3, -0.25) is 9.78 Å². The van der Waals surface area contributed by atoms with E-state index in [1.54, 1.807) is 30.3 Å². The molecule has 5 rings (SSSR count). The molecule has 0 fully saturated rings. The molecule has 9 nitrogen and oxygen atoms in total. The van der Waals surface area contributed by atoms with E-state index in [1.165, 1.54) is 18.0 Å². The molecule has 0 aliphatic rings. The smallest absolute Gasteiger partial charge is 0.266 e. The molecule has 1 aromatic carbocycles. The van der Waals surface area contributed by atoms with Gasteiger partial charge in [-0.15, -0.1) is 10.2 Å². The van der Waals surface area contributed by atoms with Gasteiger partial charge < -0.3 is 13.7 Å². The lowest BCUT2D eigenvalue weighted by Crippen LogP contribution is -2.26. The Bertz CT molecular complexity index is 1480. The van der Waals surface area contributed by atoms with Crippen LogP contribution in [0.15, 0.2) is 82.1 Å². The number of benzene rings is 1. The van der Waals surface area contributed by atoms with Crippen molar-refractivity contribution in [2.45, 2.75) is 32.7 Å². The number of carbonyl (C=O) groups excluding carboxylic acids is 1. The van der Waals surface area contributed by atoms with Gasteiger partial charge in [0.05, 0.1) is 6.20 Å². The van der Waals surface area contributed by atoms with Crippen molar-refractivity contribution in [3.8, 4) is 23.2 Å². The molecule has 37 heavy (non-hydrogen) atoms. The fourth-order valence-corrected chi connectivity index (χ4v) is 3.97. The molecule has 9 heteroatoms. The van der Waals surface area contributed by atoms with Crippen molar-refractivity contribution in [2.75, 3.05) is 7.05 Å². The van der Waals surface area contributed by atoms with Crippen molar-refractivity contribution in [1.82, 2.24) is 30.0 Å². The van der Waals surface area contributed by atoms with Crippen molar-refractivity contribution in [1.29, 1.82) is 0 Å². The van der Waals surface area contributed by atoms with Gasteiger partial charge >= 0.3 is 0 Å². The van der Waals surface area contributed by atoms with Crippen molar-refractivity contribution < 1.29 is 13.6 Å². The fourth-order valence-electron chi connectivity index (χ4n) is 3.97. The standard InChI is InChI=1S/C28H26N6O3/c1-18(13-20-7-5-4-6-8-20)25-32-33-27(37-25)24-15-22(14-23(31-24)26-29-11-12-36-26)28(35)34(3)17-21-10-9-19(2)30-16-21/h4-12,14-16,18H,13,17H2,1-3H3/t18-/m0/s1. The molecule has 0 saturated carbocycles. The summed E-state index contributed by atoms with van der Waals surface area (Å²) in [5.41, 5.74) is 4.20. The Morgan fingerprint density at radius 1 is 0.973 bits per heavy atom. The number of nitrogens with zero attached hydrogens (tertiary/aromatic N) is 6. The first kappa shape index (κ1) is 24.1. The first-order valence-electron chi connectivity index (χ1n) is 11.9. The highest BCUT2D eigenvalue weighted by atomic mass is 16.4. The lowest BCUT2D eigenvalue weighted by atomic mass is 10.0. The fraction of sp³-hybridized carbons (Fsp3) is 0.214. The molecule has 186 valence electrons. The van der Waals surface area contributed by atoms with Crippen LogP contribution < -0.4 is 0 Å². The van der Waals surface area contributed by atoms with Gasteiger partial charge in [-0.2, -0.15) is 0 Å². The van der Waals surface area contributed by atoms with Crippen LogP contribution in [-0.2, 0) is 13.0 Å². The summed E-state index contributed by atoms with van der Waals surface area (Å²) < 4.78 is 11.5. The van der Waals surface area contributed by atoms with E-state index in [0.717, 1.165) is 17.7 Å². The summed E-state index contributed by atoms with van der Waals surface area (Å²) in [6.07, 6.45) is 5.51. The zero-order chi connectivity index (χ0) is 25.8. The van der Waals surface area contributed by atoms with Crippen LogP contribution in [0.1, 0.15) is 45.9 Å². The van der Waals surface area contributed by atoms with Gasteiger partial charge in [0, 0.05) is 37.0 Å². The first-order chi connectivity index (χ1) is 18.0. The highest BCUT2D eigenvalue weighted by Gasteiger charge is 2.21. The van der Waals surface area contributed by atoms with E-state index in [1.807, 2.05) is 44.2 Å². The monoisotopic (exact) mass is 494 g/mol. The Morgan fingerprint density at radius 2 is 1.76 bits per heavy atom. The number of rotatable bonds is 8. The minimum atomic E-state index is -0.200. The van der Waals surface area contributed by atoms with Crippen LogP contribution in [-0.4, -0.2) is 43.0 Å². The van der Waals surface area contributed by atoms with E-state index in [4.69, 9.17) is 8.83 Å². The van der Waals surface area contributed by atoms with Gasteiger partial charge in [0.2, 0.25) is 11.8 Å². The van der Waals surface area contributed by atoms with Crippen LogP contribution in [0.5, 0.6) is 0 Å². The second-order valence-electron chi connectivity index (χ2n) is 8.97. The number of hydrogen-bond donors (Lipinski definition) is 0. The summed E-state index contributed by atoms with van der Waals surface area (Å²) >= 11 is 0. The molecule has 5 aromatic rings. The topological polar surface area (TPSA) is 111 Å². The molecule has 4 heterocycles. The maximum Gasteiger partial charge on any atom is 0.266 e. The molecule has 0 N–H and O–H groups in total. The summed E-state index contributed by atoms with van der Waals surface area (Å²) in [7, 11) is 1.74. The van der Waals surface area contributed by atoms with Gasteiger partial charge in [-0.25, -0.2) is 9.97 Å². The van der Waals surface area contributed by atoms with Crippen LogP contribution in [0.25, 0.3) is 23.2 Å². The van der Waals surface area contributed by atoms with Crippen LogP contribution in [0, 0.1) is 6.92 Å². The molecule has 1 amide bonds. The van der Waals surface area contributed by atoms with Crippen molar-refractivity contribution in [3.63, 3.8) is 0 Å². The van der Waals surface area contributed by atoms with Gasteiger partial charge in [0.1, 0.15) is 17.7 Å². The Labute approximate surface area is 214 Å². The van der Waals surface area contributed by atoms with Gasteiger partial charge in [0.15, 0.2) is 0 Å². The average molecular weight is 495 g/mol. The maximum atomic E-state index is 13.4. The van der Waals surface area contributed by atoms with Crippen LogP contribution in [0.4, 0.5) is 0 Å². The Balaban J connectivity index is 1.43. The summed E-state index contributed by atoms with van der Waals surface area (Å²) in [4.78, 5) is 28.1. The van der Waals surface area contributed by atoms with Crippen molar-refractivity contribution in [3.05, 3.63) is 102 Å². The Hall–Kier alpha value is -4.66. The second-order valence-corrected chi connectivity index (χ2v) is 8.97. The lowest BCUT2D eigenvalue weighted by Gasteiger charge is -2.18. The maximum absolute atomic E-state index is 13.4. The summed E-state index contributed by atoms with van der Waals surface area (Å²) in [6.45, 7) is 4.36. The van der Waals surface area contributed by atoms with Gasteiger partial charge in [-0.1, -0.05) is 43.3 Å². The quantitative estimate of drug-likeness (QED) is 0.293. The van der Waals surface area contributed by atoms with E-state index >= 15 is 0 Å². The number of amides is 1. The molecule has 0 saturated heterocycles. The number of carbonyl (C=O) groups is 1. The first-order valence-corrected chi connectivity index (χ1v) is 11.9. The molecule has 0 unspecified atom stereocenters. The number of pyridine rings is 2. The van der Waals surface area contributed by atoms with Gasteiger partial charge in [0.25, 0.3) is 11.8 Å². The van der Waals surface area contributed by atoms with E-state index in [0.29, 0.717) is 35.3 Å². The minimum absolute atomic E-state index is 0.00827. The molecule has 0 aliphatic heterocycles. The third-order valence-electron chi connectivity index (χ3n) is 5.93. The molecule has 0 radical (unpaired) electrons. The molecule has 4 aromatic heterocycles. The second kappa shape index (κ2) is 10.5. The number of aryl methyl sites for hydroxylation is 1. The summed E-state index contributed by atoms with van der Waals surface area (Å²) in [5.74, 6) is 0.823. The molecule has 0 spiro atoms. The summed E-state index contributed by atoms with van der Waals surface area (Å²) in [5, 5.41) is 8.49. The average Bonchev–Trinajstić information content (AvgIpc) is 3.63. The zero-order valence-corrected chi connectivity index (χ0v) is 20.8. The molecular formula is C28H26N6O3. The van der Waals surface area contributed by atoms with Crippen LogP contribution >= 0.6 is 0 Å². The van der Waals surface area contributed by atoms with Crippen molar-refractivity contribution >= 4 is 5.91 Å². The van der Waals surface area contributed by atoms with E-state index < -0.39 is 0 Å². The zero-order valence-electron chi connectivity index (χ0n) is 20.8. The van der Waals surface area contributed by atoms with Crippen LogP contribution in [0.3, 0.4) is 0 Å². The highest BCUT2D eigenvalue weighted by Crippen LogP contribution is 2.27. The normalized spacial score (nSPS) is 11.9. The van der Waals surface area contributed by atoms with Crippen LogP contribution in [0.2, 0.25) is 0 Å². The van der Waals surface area contributed by atoms with E-state index in [2.05, 4.69) is 37.3 Å². The third-order valence-corrected chi connectivity index (χ3v) is 5.93. The highest BCUT2D eigenvalue weighted by molar-refractivity contribution is 5.95. The largest absolute Gasteiger partial charge is 0.443 e. The molecule has 0 bridgehead atoms. The lowest BCUT2D eigenvalue weighted by molar-refractivity contribution is 0.0785. The third kappa shape index (κ3) is 5.61. The van der Waals surface area contributed by atoms with E-state index in [9.17, 15) is 4.79 Å². The minimum Gasteiger partial charge on any atom is -0.443 e. The van der Waals surface area contributed by atoms with Gasteiger partial charge in [-0.05, 0) is 42.7 Å². The number of aromatic nitrogens is 5. The van der Waals surface area contributed by atoms with E-state index in [-0.39, 0.29) is 17.7 Å². The Morgan fingerprint density at radius 3 is 2.46 bits per heavy atom. The summed E-state index contributed by atoms with van der Waals surface area (Å²) in [6, 6.07) is 17.3. The number of oxazole rings is 1. The van der Waals surface area contributed by atoms with Crippen molar-refractivity contribution in [2.24, 2.45) is 0 Å². The predicted octanol–water partition coefficient (Wildman–Crippen LogP) is 5.11. The molecule has 0 aliphatic carbocycles.